The molecule has 3 aromatic rings. The van der Waals surface area contributed by atoms with Crippen LogP contribution in [0.4, 0.5) is 0 Å². The highest BCUT2D eigenvalue weighted by atomic mass is 79.9. The maximum Gasteiger partial charge on any atom is 0.269 e. The number of hydrogen-bond acceptors (Lipinski definition) is 4. The Morgan fingerprint density at radius 1 is 1.16 bits per heavy atom. The molecule has 1 aromatic carbocycles. The molecule has 0 unspecified atom stereocenters. The second-order valence-corrected chi connectivity index (χ2v) is 4.82. The highest BCUT2D eigenvalue weighted by molar-refractivity contribution is 9.10. The van der Waals surface area contributed by atoms with Gasteiger partial charge >= 0.3 is 0 Å². The molecule has 2 heterocycles. The molecule has 0 saturated heterocycles. The first-order chi connectivity index (χ1) is 9.13. The van der Waals surface area contributed by atoms with Crippen LogP contribution in [0.3, 0.4) is 0 Å². The quantitative estimate of drug-likeness (QED) is 0.669. The van der Waals surface area contributed by atoms with E-state index in [0.29, 0.717) is 18.1 Å². The van der Waals surface area contributed by atoms with Crippen LogP contribution in [0.25, 0.3) is 11.0 Å². The smallest absolute Gasteiger partial charge is 0.269 e. The minimum Gasteiger partial charge on any atom is -0.492 e. The lowest BCUT2D eigenvalue weighted by molar-refractivity contribution is 0.444. The molecule has 7 heteroatoms. The molecule has 2 aromatic heterocycles. The number of nitrogens with zero attached hydrogens (tertiary/aromatic N) is 2. The van der Waals surface area contributed by atoms with E-state index < -0.39 is 5.56 Å². The zero-order chi connectivity index (χ0) is 13.4. The van der Waals surface area contributed by atoms with Crippen LogP contribution in [0.5, 0.6) is 5.88 Å². The van der Waals surface area contributed by atoms with E-state index in [1.54, 1.807) is 0 Å². The minimum atomic E-state index is -0.418. The Hall–Kier alpha value is -2.15. The third-order valence-electron chi connectivity index (χ3n) is 2.67. The number of aromatic nitrogens is 4. The van der Waals surface area contributed by atoms with Gasteiger partial charge in [-0.05, 0) is 28.1 Å². The van der Waals surface area contributed by atoms with E-state index in [-0.39, 0.29) is 10.4 Å². The number of halogens is 1. The van der Waals surface area contributed by atoms with Crippen molar-refractivity contribution in [2.24, 2.45) is 0 Å². The summed E-state index contributed by atoms with van der Waals surface area (Å²) < 4.78 is 0.0286. The van der Waals surface area contributed by atoms with Crippen molar-refractivity contribution in [1.29, 1.82) is 0 Å². The van der Waals surface area contributed by atoms with Gasteiger partial charge in [-0.3, -0.25) is 4.79 Å². The van der Waals surface area contributed by atoms with Gasteiger partial charge in [0.2, 0.25) is 5.88 Å². The Labute approximate surface area is 115 Å². The maximum atomic E-state index is 11.5. The number of rotatable bonds is 2. The summed E-state index contributed by atoms with van der Waals surface area (Å²) in [7, 11) is 0. The van der Waals surface area contributed by atoms with Gasteiger partial charge in [-0.15, -0.1) is 0 Å². The predicted molar refractivity (Wildman–Crippen MR) is 73.1 cm³/mol. The number of fused-ring (bicyclic) bond motifs is 1. The van der Waals surface area contributed by atoms with Gasteiger partial charge in [0.1, 0.15) is 16.1 Å². The molecule has 0 aliphatic carbocycles. The van der Waals surface area contributed by atoms with Crippen molar-refractivity contribution in [3.63, 3.8) is 0 Å². The number of para-hydroxylation sites is 2. The fourth-order valence-electron chi connectivity index (χ4n) is 1.82. The fourth-order valence-corrected chi connectivity index (χ4v) is 2.01. The second-order valence-electron chi connectivity index (χ2n) is 4.03. The van der Waals surface area contributed by atoms with Crippen LogP contribution in [-0.2, 0) is 6.42 Å². The number of aromatic hydroxyl groups is 1. The van der Waals surface area contributed by atoms with Gasteiger partial charge < -0.3 is 15.1 Å². The molecule has 6 nitrogen and oxygen atoms in total. The zero-order valence-corrected chi connectivity index (χ0v) is 11.2. The van der Waals surface area contributed by atoms with Crippen LogP contribution in [-0.4, -0.2) is 25.0 Å². The minimum absolute atomic E-state index is 0.0286. The van der Waals surface area contributed by atoms with Crippen molar-refractivity contribution in [3.8, 4) is 5.88 Å². The molecule has 3 N–H and O–H groups in total. The molecule has 0 aliphatic heterocycles. The zero-order valence-electron chi connectivity index (χ0n) is 9.64. The molecule has 19 heavy (non-hydrogen) atoms. The van der Waals surface area contributed by atoms with Crippen LogP contribution < -0.4 is 5.56 Å². The number of H-pyrrole nitrogens is 2. The molecule has 96 valence electrons. The van der Waals surface area contributed by atoms with Gasteiger partial charge in [-0.25, -0.2) is 4.98 Å². The monoisotopic (exact) mass is 320 g/mol. The summed E-state index contributed by atoms with van der Waals surface area (Å²) in [6, 6.07) is 7.63. The van der Waals surface area contributed by atoms with Crippen molar-refractivity contribution in [3.05, 3.63) is 50.7 Å². The summed E-state index contributed by atoms with van der Waals surface area (Å²) in [5.41, 5.74) is 1.35. The van der Waals surface area contributed by atoms with Crippen molar-refractivity contribution in [2.45, 2.75) is 6.42 Å². The summed E-state index contributed by atoms with van der Waals surface area (Å²) >= 11 is 2.95. The molecule has 0 radical (unpaired) electrons. The van der Waals surface area contributed by atoms with E-state index in [9.17, 15) is 9.90 Å². The average molecular weight is 321 g/mol. The molecule has 0 saturated carbocycles. The molecule has 0 aliphatic rings. The third kappa shape index (κ3) is 2.24. The van der Waals surface area contributed by atoms with E-state index in [4.69, 9.17) is 0 Å². The topological polar surface area (TPSA) is 94.7 Å². The molecule has 0 fully saturated rings. The summed E-state index contributed by atoms with van der Waals surface area (Å²) in [4.78, 5) is 25.5. The maximum absolute atomic E-state index is 11.5. The van der Waals surface area contributed by atoms with Crippen molar-refractivity contribution in [1.82, 2.24) is 19.9 Å². The van der Waals surface area contributed by atoms with Crippen LogP contribution >= 0.6 is 15.9 Å². The van der Waals surface area contributed by atoms with Gasteiger partial charge in [0.15, 0.2) is 0 Å². The summed E-state index contributed by atoms with van der Waals surface area (Å²) in [6.45, 7) is 0. The van der Waals surface area contributed by atoms with Crippen molar-refractivity contribution in [2.75, 3.05) is 0 Å². The van der Waals surface area contributed by atoms with Crippen LogP contribution in [0, 0.1) is 0 Å². The summed E-state index contributed by atoms with van der Waals surface area (Å²) in [6.07, 6.45) is 0.310. The highest BCUT2D eigenvalue weighted by Crippen LogP contribution is 2.16. The van der Waals surface area contributed by atoms with Crippen LogP contribution in [0.2, 0.25) is 0 Å². The van der Waals surface area contributed by atoms with Gasteiger partial charge in [0.25, 0.3) is 5.56 Å². The number of nitrogens with one attached hydrogen (secondary N) is 2. The first-order valence-corrected chi connectivity index (χ1v) is 6.34. The lowest BCUT2D eigenvalue weighted by Crippen LogP contribution is -2.12. The SMILES string of the molecule is O=c1[nH]c(Cc2nc3ccccc3[nH]2)nc(O)c1Br. The Bertz CT molecular complexity index is 776. The van der Waals surface area contributed by atoms with Crippen LogP contribution in [0.15, 0.2) is 33.5 Å². The highest BCUT2D eigenvalue weighted by Gasteiger charge is 2.10. The van der Waals surface area contributed by atoms with E-state index in [0.717, 1.165) is 11.0 Å². The molecule has 3 rings (SSSR count). The Kier molecular flexibility index (Phi) is 2.83. The molecule has 0 atom stereocenters. The van der Waals surface area contributed by atoms with Crippen molar-refractivity contribution < 1.29 is 5.11 Å². The Balaban J connectivity index is 1.99. The van der Waals surface area contributed by atoms with Crippen molar-refractivity contribution >= 4 is 27.0 Å². The van der Waals surface area contributed by atoms with Gasteiger partial charge in [-0.1, -0.05) is 12.1 Å². The first-order valence-electron chi connectivity index (χ1n) is 5.55. The summed E-state index contributed by atoms with van der Waals surface area (Å²) in [5, 5.41) is 9.49. The standard InChI is InChI=1S/C12H9BrN4O2/c13-10-11(18)16-9(17-12(10)19)5-8-14-6-3-1-2-4-7(6)15-8/h1-4H,5H2,(H,14,15)(H2,16,17,18,19). The van der Waals surface area contributed by atoms with E-state index in [1.807, 2.05) is 24.3 Å². The van der Waals surface area contributed by atoms with Crippen LogP contribution in [0.1, 0.15) is 11.6 Å². The molecule has 0 amide bonds. The molecular weight excluding hydrogens is 312 g/mol. The van der Waals surface area contributed by atoms with E-state index >= 15 is 0 Å². The van der Waals surface area contributed by atoms with Gasteiger partial charge in [0, 0.05) is 0 Å². The number of benzene rings is 1. The second kappa shape index (κ2) is 4.51. The number of imidazole rings is 1. The Morgan fingerprint density at radius 2 is 1.89 bits per heavy atom. The molecular formula is C12H9BrN4O2. The third-order valence-corrected chi connectivity index (χ3v) is 3.38. The molecule has 0 bridgehead atoms. The predicted octanol–water partition coefficient (Wildman–Crippen LogP) is 1.71. The normalized spacial score (nSPS) is 11.0. The summed E-state index contributed by atoms with van der Waals surface area (Å²) in [5.74, 6) is 0.700. The fraction of sp³-hybridized carbons (Fsp3) is 0.0833. The Morgan fingerprint density at radius 3 is 2.63 bits per heavy atom. The number of hydrogen-bond donors (Lipinski definition) is 3. The lowest BCUT2D eigenvalue weighted by Gasteiger charge is -2.00. The van der Waals surface area contributed by atoms with Gasteiger partial charge in [-0.2, -0.15) is 4.98 Å². The van der Waals surface area contributed by atoms with Gasteiger partial charge in [0.05, 0.1) is 17.5 Å². The largest absolute Gasteiger partial charge is 0.492 e. The molecule has 0 spiro atoms. The average Bonchev–Trinajstić information content (AvgIpc) is 2.78. The first kappa shape index (κ1) is 11.9. The van der Waals surface area contributed by atoms with E-state index in [2.05, 4.69) is 35.9 Å². The number of aromatic amines is 2. The van der Waals surface area contributed by atoms with E-state index in [1.165, 1.54) is 0 Å². The lowest BCUT2D eigenvalue weighted by atomic mass is 10.3.